The summed E-state index contributed by atoms with van der Waals surface area (Å²) < 4.78 is 10.6. The molecule has 2 N–H and O–H groups in total. The number of hydrogen-bond acceptors (Lipinski definition) is 5. The lowest BCUT2D eigenvalue weighted by molar-refractivity contribution is 0.0696. The van der Waals surface area contributed by atoms with Gasteiger partial charge in [-0.15, -0.1) is 0 Å². The van der Waals surface area contributed by atoms with Gasteiger partial charge in [0.05, 0.1) is 12.2 Å². The molecule has 1 aromatic heterocycles. The van der Waals surface area contributed by atoms with Crippen molar-refractivity contribution in [2.45, 2.75) is 13.0 Å². The molecule has 0 aliphatic carbocycles. The third-order valence-corrected chi connectivity index (χ3v) is 3.35. The minimum Gasteiger partial charge on any atom is -0.493 e. The Morgan fingerprint density at radius 2 is 2.04 bits per heavy atom. The van der Waals surface area contributed by atoms with Gasteiger partial charge in [-0.3, -0.25) is 9.78 Å². The number of aromatic carboxylic acids is 1. The molecule has 0 unspecified atom stereocenters. The molecule has 0 saturated heterocycles. The van der Waals surface area contributed by atoms with Crippen molar-refractivity contribution >= 4 is 11.9 Å². The number of carbonyl (C=O) groups is 2. The fraction of sp³-hybridized carbons (Fsp3) is 0.278. The van der Waals surface area contributed by atoms with Crippen molar-refractivity contribution in [3.8, 4) is 5.75 Å². The van der Waals surface area contributed by atoms with E-state index in [2.05, 4.69) is 10.3 Å². The second kappa shape index (κ2) is 9.39. The van der Waals surface area contributed by atoms with Gasteiger partial charge in [0, 0.05) is 32.9 Å². The summed E-state index contributed by atoms with van der Waals surface area (Å²) in [5, 5.41) is 11.7. The van der Waals surface area contributed by atoms with Crippen molar-refractivity contribution in [1.82, 2.24) is 10.3 Å². The number of nitrogens with zero attached hydrogens (tertiary/aromatic N) is 1. The SMILES string of the molecule is COCCCOc1cccc(CNC(=O)c2cc(C(=O)O)ccn2)c1. The molecule has 1 heterocycles. The van der Waals surface area contributed by atoms with Crippen LogP contribution in [-0.2, 0) is 11.3 Å². The average Bonchev–Trinajstić information content (AvgIpc) is 2.64. The minimum atomic E-state index is -1.10. The summed E-state index contributed by atoms with van der Waals surface area (Å²) in [4.78, 5) is 26.9. The standard InChI is InChI=1S/C18H20N2O5/c1-24-8-3-9-25-15-5-2-4-13(10-15)12-20-17(21)16-11-14(18(22)23)6-7-19-16/h2,4-7,10-11H,3,8-9,12H2,1H3,(H,20,21)(H,22,23). The van der Waals surface area contributed by atoms with Crippen LogP contribution in [-0.4, -0.2) is 42.3 Å². The summed E-state index contributed by atoms with van der Waals surface area (Å²) in [5.74, 6) is -0.821. The van der Waals surface area contributed by atoms with E-state index < -0.39 is 11.9 Å². The number of amides is 1. The number of hydrogen-bond donors (Lipinski definition) is 2. The summed E-state index contributed by atoms with van der Waals surface area (Å²) in [7, 11) is 1.64. The summed E-state index contributed by atoms with van der Waals surface area (Å²) in [5.41, 5.74) is 0.949. The van der Waals surface area contributed by atoms with E-state index in [1.807, 2.05) is 24.3 Å². The maximum absolute atomic E-state index is 12.1. The summed E-state index contributed by atoms with van der Waals surface area (Å²) in [6.07, 6.45) is 2.09. The number of pyridine rings is 1. The first-order valence-corrected chi connectivity index (χ1v) is 7.78. The zero-order chi connectivity index (χ0) is 18.1. The third kappa shape index (κ3) is 5.89. The van der Waals surface area contributed by atoms with Gasteiger partial charge in [-0.05, 0) is 29.8 Å². The Bertz CT molecular complexity index is 733. The number of aromatic nitrogens is 1. The molecule has 1 amide bonds. The van der Waals surface area contributed by atoms with Crippen LogP contribution in [0.2, 0.25) is 0 Å². The fourth-order valence-electron chi connectivity index (χ4n) is 2.10. The molecule has 7 nitrogen and oxygen atoms in total. The monoisotopic (exact) mass is 344 g/mol. The highest BCUT2D eigenvalue weighted by Crippen LogP contribution is 2.13. The second-order valence-electron chi connectivity index (χ2n) is 5.26. The maximum Gasteiger partial charge on any atom is 0.335 e. The Balaban J connectivity index is 1.91. The first kappa shape index (κ1) is 18.4. The average molecular weight is 344 g/mol. The van der Waals surface area contributed by atoms with Crippen LogP contribution in [0.1, 0.15) is 32.8 Å². The van der Waals surface area contributed by atoms with Crippen LogP contribution in [0.5, 0.6) is 5.75 Å². The number of carbonyl (C=O) groups excluding carboxylic acids is 1. The Morgan fingerprint density at radius 3 is 2.80 bits per heavy atom. The fourth-order valence-corrected chi connectivity index (χ4v) is 2.10. The van der Waals surface area contributed by atoms with Crippen LogP contribution < -0.4 is 10.1 Å². The highest BCUT2D eigenvalue weighted by Gasteiger charge is 2.11. The Hall–Kier alpha value is -2.93. The minimum absolute atomic E-state index is 0.0200. The van der Waals surface area contributed by atoms with Crippen molar-refractivity contribution in [1.29, 1.82) is 0 Å². The van der Waals surface area contributed by atoms with E-state index in [1.165, 1.54) is 18.3 Å². The molecular formula is C18H20N2O5. The van der Waals surface area contributed by atoms with E-state index in [4.69, 9.17) is 14.6 Å². The molecule has 25 heavy (non-hydrogen) atoms. The van der Waals surface area contributed by atoms with Crippen LogP contribution in [0.4, 0.5) is 0 Å². The van der Waals surface area contributed by atoms with Crippen molar-refractivity contribution in [2.24, 2.45) is 0 Å². The molecule has 0 radical (unpaired) electrons. The van der Waals surface area contributed by atoms with Crippen LogP contribution >= 0.6 is 0 Å². The quantitative estimate of drug-likeness (QED) is 0.676. The van der Waals surface area contributed by atoms with Crippen LogP contribution in [0.3, 0.4) is 0 Å². The van der Waals surface area contributed by atoms with Gasteiger partial charge in [0.2, 0.25) is 0 Å². The number of benzene rings is 1. The number of ether oxygens (including phenoxy) is 2. The zero-order valence-corrected chi connectivity index (χ0v) is 13.9. The largest absolute Gasteiger partial charge is 0.493 e. The van der Waals surface area contributed by atoms with Gasteiger partial charge in [-0.1, -0.05) is 12.1 Å². The van der Waals surface area contributed by atoms with E-state index in [9.17, 15) is 9.59 Å². The topological polar surface area (TPSA) is 97.8 Å². The number of carboxylic acids is 1. The first-order chi connectivity index (χ1) is 12.1. The lowest BCUT2D eigenvalue weighted by Gasteiger charge is -2.09. The highest BCUT2D eigenvalue weighted by atomic mass is 16.5. The highest BCUT2D eigenvalue weighted by molar-refractivity contribution is 5.95. The molecule has 0 spiro atoms. The van der Waals surface area contributed by atoms with Crippen molar-refractivity contribution in [3.63, 3.8) is 0 Å². The molecule has 1 aromatic carbocycles. The number of carboxylic acid groups (broad SMARTS) is 1. The first-order valence-electron chi connectivity index (χ1n) is 7.78. The molecule has 0 aliphatic heterocycles. The zero-order valence-electron chi connectivity index (χ0n) is 13.9. The Labute approximate surface area is 145 Å². The van der Waals surface area contributed by atoms with Gasteiger partial charge < -0.3 is 19.9 Å². The van der Waals surface area contributed by atoms with E-state index in [0.717, 1.165) is 12.0 Å². The normalized spacial score (nSPS) is 10.3. The van der Waals surface area contributed by atoms with Gasteiger partial charge in [0.15, 0.2) is 0 Å². The van der Waals surface area contributed by atoms with E-state index in [0.29, 0.717) is 19.0 Å². The molecule has 0 bridgehead atoms. The van der Waals surface area contributed by atoms with Crippen LogP contribution in [0, 0.1) is 0 Å². The molecule has 7 heteroatoms. The number of rotatable bonds is 9. The molecule has 0 saturated carbocycles. The van der Waals surface area contributed by atoms with Crippen LogP contribution in [0.15, 0.2) is 42.6 Å². The van der Waals surface area contributed by atoms with Gasteiger partial charge >= 0.3 is 5.97 Å². The van der Waals surface area contributed by atoms with Crippen molar-refractivity contribution < 1.29 is 24.2 Å². The van der Waals surface area contributed by atoms with Crippen molar-refractivity contribution in [2.75, 3.05) is 20.3 Å². The molecule has 0 fully saturated rings. The van der Waals surface area contributed by atoms with Gasteiger partial charge in [-0.2, -0.15) is 0 Å². The van der Waals surface area contributed by atoms with E-state index in [1.54, 1.807) is 7.11 Å². The Morgan fingerprint density at radius 1 is 1.20 bits per heavy atom. The molecule has 0 atom stereocenters. The maximum atomic E-state index is 12.1. The summed E-state index contributed by atoms with van der Waals surface area (Å²) in [6, 6.07) is 9.97. The van der Waals surface area contributed by atoms with Gasteiger partial charge in [0.25, 0.3) is 5.91 Å². The van der Waals surface area contributed by atoms with Crippen molar-refractivity contribution in [3.05, 3.63) is 59.4 Å². The molecule has 0 aliphatic rings. The van der Waals surface area contributed by atoms with E-state index in [-0.39, 0.29) is 17.8 Å². The third-order valence-electron chi connectivity index (χ3n) is 3.35. The predicted molar refractivity (Wildman–Crippen MR) is 90.8 cm³/mol. The Kier molecular flexibility index (Phi) is 6.91. The van der Waals surface area contributed by atoms with E-state index >= 15 is 0 Å². The summed E-state index contributed by atoms with van der Waals surface area (Å²) >= 11 is 0. The molecule has 132 valence electrons. The second-order valence-corrected chi connectivity index (χ2v) is 5.26. The molecule has 2 rings (SSSR count). The smallest absolute Gasteiger partial charge is 0.335 e. The van der Waals surface area contributed by atoms with Gasteiger partial charge in [0.1, 0.15) is 11.4 Å². The predicted octanol–water partition coefficient (Wildman–Crippen LogP) is 2.13. The molecular weight excluding hydrogens is 324 g/mol. The van der Waals surface area contributed by atoms with Crippen LogP contribution in [0.25, 0.3) is 0 Å². The number of nitrogens with one attached hydrogen (secondary N) is 1. The lowest BCUT2D eigenvalue weighted by Crippen LogP contribution is -2.24. The number of methoxy groups -OCH3 is 1. The summed E-state index contributed by atoms with van der Waals surface area (Å²) in [6.45, 7) is 1.47. The molecule has 2 aromatic rings. The lowest BCUT2D eigenvalue weighted by atomic mass is 10.2. The van der Waals surface area contributed by atoms with Gasteiger partial charge in [-0.25, -0.2) is 4.79 Å².